The number of aliphatic carboxylic acids is 1. The first-order valence-electron chi connectivity index (χ1n) is 6.85. The van der Waals surface area contributed by atoms with Crippen LogP contribution in [0.4, 0.5) is 0 Å². The predicted octanol–water partition coefficient (Wildman–Crippen LogP) is -0.00660. The highest BCUT2D eigenvalue weighted by Crippen LogP contribution is 2.11. The van der Waals surface area contributed by atoms with Crippen molar-refractivity contribution in [3.8, 4) is 0 Å². The van der Waals surface area contributed by atoms with E-state index in [-0.39, 0.29) is 12.5 Å². The van der Waals surface area contributed by atoms with Crippen LogP contribution in [0.15, 0.2) is 0 Å². The summed E-state index contributed by atoms with van der Waals surface area (Å²) in [6, 6.07) is 0. The molecule has 1 heterocycles. The van der Waals surface area contributed by atoms with E-state index in [0.717, 1.165) is 19.5 Å². The molecule has 1 amide bonds. The Morgan fingerprint density at radius 1 is 1.21 bits per heavy atom. The average Bonchev–Trinajstić information content (AvgIpc) is 2.53. The first-order chi connectivity index (χ1) is 8.86. The zero-order valence-corrected chi connectivity index (χ0v) is 12.1. The minimum Gasteiger partial charge on any atom is -0.480 e. The SMILES string of the molecule is CCNC(C)(C)C(=O)N1CCCN(CC(=O)O)CC1. The third-order valence-electron chi connectivity index (χ3n) is 3.39. The second-order valence-electron chi connectivity index (χ2n) is 5.47. The molecule has 6 heteroatoms. The van der Waals surface area contributed by atoms with Crippen molar-refractivity contribution in [2.45, 2.75) is 32.7 Å². The number of carboxylic acid groups (broad SMARTS) is 1. The van der Waals surface area contributed by atoms with E-state index in [1.165, 1.54) is 0 Å². The monoisotopic (exact) mass is 271 g/mol. The summed E-state index contributed by atoms with van der Waals surface area (Å²) < 4.78 is 0. The zero-order chi connectivity index (χ0) is 14.5. The van der Waals surface area contributed by atoms with Crippen LogP contribution in [0.3, 0.4) is 0 Å². The van der Waals surface area contributed by atoms with Gasteiger partial charge in [0.05, 0.1) is 12.1 Å². The molecule has 1 saturated heterocycles. The summed E-state index contributed by atoms with van der Waals surface area (Å²) in [5.41, 5.74) is -0.559. The van der Waals surface area contributed by atoms with Crippen LogP contribution in [-0.2, 0) is 9.59 Å². The number of nitrogens with zero attached hydrogens (tertiary/aromatic N) is 2. The Bertz CT molecular complexity index is 331. The number of carbonyl (C=O) groups is 2. The number of hydrogen-bond donors (Lipinski definition) is 2. The fourth-order valence-electron chi connectivity index (χ4n) is 2.44. The molecule has 0 aromatic heterocycles. The van der Waals surface area contributed by atoms with Gasteiger partial charge in [0.25, 0.3) is 0 Å². The highest BCUT2D eigenvalue weighted by molar-refractivity contribution is 5.85. The zero-order valence-electron chi connectivity index (χ0n) is 12.1. The molecule has 0 radical (unpaired) electrons. The van der Waals surface area contributed by atoms with Crippen molar-refractivity contribution >= 4 is 11.9 Å². The van der Waals surface area contributed by atoms with Gasteiger partial charge in [-0.05, 0) is 26.8 Å². The summed E-state index contributed by atoms with van der Waals surface area (Å²) in [6.45, 7) is 9.21. The van der Waals surface area contributed by atoms with Crippen molar-refractivity contribution in [2.24, 2.45) is 0 Å². The van der Waals surface area contributed by atoms with Gasteiger partial charge in [0.15, 0.2) is 0 Å². The molecule has 6 nitrogen and oxygen atoms in total. The van der Waals surface area contributed by atoms with E-state index in [9.17, 15) is 9.59 Å². The van der Waals surface area contributed by atoms with E-state index in [0.29, 0.717) is 19.6 Å². The van der Waals surface area contributed by atoms with Gasteiger partial charge in [0.1, 0.15) is 0 Å². The summed E-state index contributed by atoms with van der Waals surface area (Å²) in [4.78, 5) is 26.8. The molecule has 0 saturated carbocycles. The molecule has 0 unspecified atom stereocenters. The Balaban J connectivity index is 2.57. The van der Waals surface area contributed by atoms with Crippen molar-refractivity contribution in [1.82, 2.24) is 15.1 Å². The van der Waals surface area contributed by atoms with Crippen molar-refractivity contribution in [3.63, 3.8) is 0 Å². The molecule has 1 aliphatic rings. The maximum atomic E-state index is 12.4. The van der Waals surface area contributed by atoms with Crippen LogP contribution in [0.1, 0.15) is 27.2 Å². The van der Waals surface area contributed by atoms with Gasteiger partial charge in [0.2, 0.25) is 5.91 Å². The van der Waals surface area contributed by atoms with Gasteiger partial charge in [-0.25, -0.2) is 0 Å². The van der Waals surface area contributed by atoms with E-state index in [4.69, 9.17) is 5.11 Å². The van der Waals surface area contributed by atoms with Gasteiger partial charge in [-0.1, -0.05) is 6.92 Å². The molecule has 0 atom stereocenters. The Hall–Kier alpha value is -1.14. The van der Waals surface area contributed by atoms with E-state index >= 15 is 0 Å². The molecule has 0 aliphatic carbocycles. The van der Waals surface area contributed by atoms with Gasteiger partial charge < -0.3 is 15.3 Å². The Morgan fingerprint density at radius 2 is 1.89 bits per heavy atom. The lowest BCUT2D eigenvalue weighted by molar-refractivity contribution is -0.138. The number of carbonyl (C=O) groups excluding carboxylic acids is 1. The number of rotatable bonds is 5. The lowest BCUT2D eigenvalue weighted by Gasteiger charge is -2.31. The average molecular weight is 271 g/mol. The molecule has 1 rings (SSSR count). The molecule has 1 fully saturated rings. The highest BCUT2D eigenvalue weighted by Gasteiger charge is 2.31. The number of likely N-dealkylation sites (N-methyl/N-ethyl adjacent to an activating group) is 1. The third-order valence-corrected chi connectivity index (χ3v) is 3.39. The topological polar surface area (TPSA) is 72.9 Å². The van der Waals surface area contributed by atoms with Crippen LogP contribution in [0.2, 0.25) is 0 Å². The fraction of sp³-hybridized carbons (Fsp3) is 0.846. The fourth-order valence-corrected chi connectivity index (χ4v) is 2.44. The van der Waals surface area contributed by atoms with Gasteiger partial charge in [0, 0.05) is 26.2 Å². The number of nitrogens with one attached hydrogen (secondary N) is 1. The summed E-state index contributed by atoms with van der Waals surface area (Å²) in [6.07, 6.45) is 0.821. The molecule has 2 N–H and O–H groups in total. The Morgan fingerprint density at radius 3 is 2.47 bits per heavy atom. The summed E-state index contributed by atoms with van der Waals surface area (Å²) >= 11 is 0. The summed E-state index contributed by atoms with van der Waals surface area (Å²) in [5.74, 6) is -0.723. The van der Waals surface area contributed by atoms with Crippen molar-refractivity contribution < 1.29 is 14.7 Å². The first-order valence-corrected chi connectivity index (χ1v) is 6.85. The highest BCUT2D eigenvalue weighted by atomic mass is 16.4. The quantitative estimate of drug-likeness (QED) is 0.736. The third kappa shape index (κ3) is 4.80. The molecular formula is C13H25N3O3. The molecule has 0 aromatic rings. The second-order valence-corrected chi connectivity index (χ2v) is 5.47. The van der Waals surface area contributed by atoms with Crippen molar-refractivity contribution in [3.05, 3.63) is 0 Å². The van der Waals surface area contributed by atoms with E-state index in [2.05, 4.69) is 5.32 Å². The second kappa shape index (κ2) is 6.86. The lowest BCUT2D eigenvalue weighted by atomic mass is 10.0. The van der Waals surface area contributed by atoms with Gasteiger partial charge in [-0.2, -0.15) is 0 Å². The largest absolute Gasteiger partial charge is 0.480 e. The van der Waals surface area contributed by atoms with E-state index in [1.807, 2.05) is 30.6 Å². The van der Waals surface area contributed by atoms with Crippen LogP contribution in [0.5, 0.6) is 0 Å². The van der Waals surface area contributed by atoms with Crippen molar-refractivity contribution in [1.29, 1.82) is 0 Å². The molecule has 0 bridgehead atoms. The smallest absolute Gasteiger partial charge is 0.317 e. The van der Waals surface area contributed by atoms with Gasteiger partial charge >= 0.3 is 5.97 Å². The Labute approximate surface area is 114 Å². The van der Waals surface area contributed by atoms with Crippen LogP contribution in [0, 0.1) is 0 Å². The minimum absolute atomic E-state index is 0.0542. The molecular weight excluding hydrogens is 246 g/mol. The maximum absolute atomic E-state index is 12.4. The normalized spacial score (nSPS) is 18.2. The minimum atomic E-state index is -0.812. The standard InChI is InChI=1S/C13H25N3O3/c1-4-14-13(2,3)12(19)16-7-5-6-15(8-9-16)10-11(17)18/h14H,4-10H2,1-3H3,(H,17,18). The van der Waals surface area contributed by atoms with Gasteiger partial charge in [-0.15, -0.1) is 0 Å². The van der Waals surface area contributed by atoms with Crippen LogP contribution < -0.4 is 5.32 Å². The first kappa shape index (κ1) is 15.9. The number of amides is 1. The molecule has 0 aromatic carbocycles. The van der Waals surface area contributed by atoms with E-state index < -0.39 is 11.5 Å². The van der Waals surface area contributed by atoms with Crippen LogP contribution >= 0.6 is 0 Å². The van der Waals surface area contributed by atoms with Crippen molar-refractivity contribution in [2.75, 3.05) is 39.3 Å². The maximum Gasteiger partial charge on any atom is 0.317 e. The lowest BCUT2D eigenvalue weighted by Crippen LogP contribution is -2.54. The summed E-state index contributed by atoms with van der Waals surface area (Å²) in [7, 11) is 0. The molecule has 110 valence electrons. The van der Waals surface area contributed by atoms with Crippen LogP contribution in [-0.4, -0.2) is 71.6 Å². The Kier molecular flexibility index (Phi) is 5.75. The molecule has 19 heavy (non-hydrogen) atoms. The van der Waals surface area contributed by atoms with E-state index in [1.54, 1.807) is 0 Å². The number of hydrogen-bond acceptors (Lipinski definition) is 4. The molecule has 1 aliphatic heterocycles. The van der Waals surface area contributed by atoms with Crippen LogP contribution in [0.25, 0.3) is 0 Å². The number of carboxylic acids is 1. The summed E-state index contributed by atoms with van der Waals surface area (Å²) in [5, 5.41) is 12.0. The molecule has 0 spiro atoms. The van der Waals surface area contributed by atoms with Gasteiger partial charge in [-0.3, -0.25) is 14.5 Å². The predicted molar refractivity (Wildman–Crippen MR) is 73.0 cm³/mol.